The number of nitrogens with zero attached hydrogens (tertiary/aromatic N) is 3. The summed E-state index contributed by atoms with van der Waals surface area (Å²) < 4.78 is 33.8. The van der Waals surface area contributed by atoms with Crippen LogP contribution in [0.4, 0.5) is 8.63 Å². The average molecular weight is 405 g/mol. The second-order valence-corrected chi connectivity index (χ2v) is 10.5. The molecule has 0 radical (unpaired) electrons. The molecule has 4 aromatic rings. The molecule has 2 aromatic heterocycles. The Bertz CT molecular complexity index is 1340. The van der Waals surface area contributed by atoms with E-state index in [1.54, 1.807) is 12.1 Å². The molecule has 1 aliphatic heterocycles. The van der Waals surface area contributed by atoms with Crippen LogP contribution in [-0.4, -0.2) is 16.5 Å². The van der Waals surface area contributed by atoms with Crippen molar-refractivity contribution in [1.29, 1.82) is 0 Å². The molecule has 3 nitrogen and oxygen atoms in total. The molecule has 0 aliphatic carbocycles. The van der Waals surface area contributed by atoms with Crippen molar-refractivity contribution in [2.75, 3.05) is 0 Å². The largest absolute Gasteiger partial charge is 0.762 e. The lowest BCUT2D eigenvalue weighted by Crippen LogP contribution is -2.68. The summed E-state index contributed by atoms with van der Waals surface area (Å²) in [6.45, 7) is 8.79. The molecule has 1 aliphatic rings. The van der Waals surface area contributed by atoms with Crippen molar-refractivity contribution >= 4 is 28.8 Å². The minimum atomic E-state index is -4.10. The number of rotatable bonds is 0. The zero-order valence-electron chi connectivity index (χ0n) is 18.3. The maximum Gasteiger partial charge on any atom is 0.762 e. The molecule has 5 rings (SSSR count). The lowest BCUT2D eigenvalue weighted by Gasteiger charge is -2.28. The second kappa shape index (κ2) is 5.68. The van der Waals surface area contributed by atoms with Crippen molar-refractivity contribution in [3.63, 3.8) is 0 Å². The Morgan fingerprint density at radius 1 is 0.867 bits per heavy atom. The van der Waals surface area contributed by atoms with E-state index in [-0.39, 0.29) is 10.8 Å². The highest BCUT2D eigenvalue weighted by molar-refractivity contribution is 6.59. The number of aromatic nitrogens is 3. The maximum absolute atomic E-state index is 15.8. The topological polar surface area (TPSA) is 21.7 Å². The van der Waals surface area contributed by atoms with Crippen molar-refractivity contribution in [2.45, 2.75) is 52.4 Å². The van der Waals surface area contributed by atoms with E-state index in [4.69, 9.17) is 0 Å². The number of fused-ring (bicyclic) bond motifs is 5. The number of benzene rings is 2. The van der Waals surface area contributed by atoms with Gasteiger partial charge in [0.2, 0.25) is 0 Å². The summed E-state index contributed by atoms with van der Waals surface area (Å²) in [5, 5.41) is 5.83. The van der Waals surface area contributed by atoms with E-state index in [9.17, 15) is 0 Å². The van der Waals surface area contributed by atoms with Gasteiger partial charge in [0.25, 0.3) is 0 Å². The fraction of sp³-hybridized carbons (Fsp3) is 0.333. The molecule has 0 saturated heterocycles. The third-order valence-electron chi connectivity index (χ3n) is 6.29. The lowest BCUT2D eigenvalue weighted by atomic mass is 9.82. The van der Waals surface area contributed by atoms with E-state index >= 15 is 8.63 Å². The van der Waals surface area contributed by atoms with Crippen molar-refractivity contribution in [3.05, 3.63) is 59.8 Å². The van der Waals surface area contributed by atoms with Gasteiger partial charge in [-0.05, 0) is 52.3 Å². The molecule has 0 saturated carbocycles. The molecule has 2 aromatic carbocycles. The van der Waals surface area contributed by atoms with Gasteiger partial charge >= 0.3 is 6.97 Å². The standard InChI is InChI=1S/C24H26BF2N3/c1-23(2,3)15-9-10-20-17(12-15)18-13-16(24(4,5)6)14-19-21-8-7-11-28-30(21)25(26,27)29(20)22(18)19/h7-14H,1-6H3. The first kappa shape index (κ1) is 19.2. The van der Waals surface area contributed by atoms with Gasteiger partial charge in [-0.3, -0.25) is 0 Å². The number of halogens is 2. The fourth-order valence-electron chi connectivity index (χ4n) is 4.55. The first-order chi connectivity index (χ1) is 13.9. The molecule has 154 valence electrons. The molecule has 0 bridgehead atoms. The van der Waals surface area contributed by atoms with Crippen LogP contribution in [0.1, 0.15) is 52.7 Å². The highest BCUT2D eigenvalue weighted by Gasteiger charge is 2.52. The average Bonchev–Trinajstić information content (AvgIpc) is 3.00. The van der Waals surface area contributed by atoms with Gasteiger partial charge in [-0.15, -0.1) is 0 Å². The minimum Gasteiger partial charge on any atom is -0.388 e. The van der Waals surface area contributed by atoms with Crippen LogP contribution in [0.3, 0.4) is 0 Å². The van der Waals surface area contributed by atoms with Gasteiger partial charge in [0.1, 0.15) is 0 Å². The van der Waals surface area contributed by atoms with Crippen molar-refractivity contribution in [3.8, 4) is 11.3 Å². The molecule has 0 spiro atoms. The normalized spacial score (nSPS) is 15.6. The predicted molar refractivity (Wildman–Crippen MR) is 119 cm³/mol. The van der Waals surface area contributed by atoms with Gasteiger partial charge in [-0.25, -0.2) is 4.59 Å². The maximum atomic E-state index is 15.8. The lowest BCUT2D eigenvalue weighted by molar-refractivity contribution is -0.622. The molecule has 30 heavy (non-hydrogen) atoms. The van der Waals surface area contributed by atoms with Gasteiger partial charge in [0.15, 0.2) is 5.69 Å². The first-order valence-electron chi connectivity index (χ1n) is 10.4. The van der Waals surface area contributed by atoms with E-state index in [2.05, 4.69) is 64.8 Å². The Labute approximate surface area is 175 Å². The summed E-state index contributed by atoms with van der Waals surface area (Å²) in [6, 6.07) is 13.5. The number of hydrogen-bond donors (Lipinski definition) is 0. The van der Waals surface area contributed by atoms with Crippen LogP contribution in [0, 0.1) is 0 Å². The van der Waals surface area contributed by atoms with Crippen LogP contribution in [0.5, 0.6) is 0 Å². The van der Waals surface area contributed by atoms with Crippen LogP contribution in [0.15, 0.2) is 48.7 Å². The van der Waals surface area contributed by atoms with Gasteiger partial charge in [-0.2, -0.15) is 0 Å². The van der Waals surface area contributed by atoms with E-state index in [1.807, 2.05) is 12.1 Å². The molecule has 0 atom stereocenters. The van der Waals surface area contributed by atoms with Crippen molar-refractivity contribution in [1.82, 2.24) is 9.58 Å². The highest BCUT2D eigenvalue weighted by Crippen LogP contribution is 2.43. The molecule has 0 amide bonds. The Morgan fingerprint density at radius 2 is 1.53 bits per heavy atom. The molecule has 0 unspecified atom stereocenters. The van der Waals surface area contributed by atoms with Crippen LogP contribution in [-0.2, 0) is 10.8 Å². The van der Waals surface area contributed by atoms with Gasteiger partial charge < -0.3 is 13.1 Å². The summed E-state index contributed by atoms with van der Waals surface area (Å²) in [5.41, 5.74) is 4.51. The minimum absolute atomic E-state index is 0.0693. The molecular weight excluding hydrogens is 379 g/mol. The molecule has 0 fully saturated rings. The van der Waals surface area contributed by atoms with Gasteiger partial charge in [0, 0.05) is 27.9 Å². The zero-order chi connectivity index (χ0) is 21.6. The summed E-state index contributed by atoms with van der Waals surface area (Å²) in [6.07, 6.45) is 1.43. The van der Waals surface area contributed by atoms with E-state index < -0.39 is 6.97 Å². The third kappa shape index (κ3) is 2.49. The predicted octanol–water partition coefficient (Wildman–Crippen LogP) is 5.82. The van der Waals surface area contributed by atoms with E-state index in [0.29, 0.717) is 16.7 Å². The van der Waals surface area contributed by atoms with E-state index in [1.165, 1.54) is 10.7 Å². The Balaban J connectivity index is 2.03. The Morgan fingerprint density at radius 3 is 2.20 bits per heavy atom. The Hall–Kier alpha value is -2.76. The molecule has 3 heterocycles. The summed E-state index contributed by atoms with van der Waals surface area (Å²) >= 11 is 0. The first-order valence-corrected chi connectivity index (χ1v) is 10.4. The zero-order valence-corrected chi connectivity index (χ0v) is 18.3. The smallest absolute Gasteiger partial charge is 0.388 e. The second-order valence-electron chi connectivity index (χ2n) is 10.5. The SMILES string of the molecule is CC(C)(C)c1ccc2c(c1)c1cc(C(C)(C)C)cc3c1n2[B-](F)(F)[n+]1ncccc1-3. The van der Waals surface area contributed by atoms with Crippen LogP contribution in [0.2, 0.25) is 0 Å². The summed E-state index contributed by atoms with van der Waals surface area (Å²) in [4.78, 5) is 0. The van der Waals surface area contributed by atoms with Gasteiger partial charge in [-0.1, -0.05) is 52.7 Å². The monoisotopic (exact) mass is 405 g/mol. The van der Waals surface area contributed by atoms with Crippen molar-refractivity contribution < 1.29 is 13.2 Å². The molecule has 6 heteroatoms. The van der Waals surface area contributed by atoms with Crippen LogP contribution < -0.4 is 4.59 Å². The number of hydrogen-bond acceptors (Lipinski definition) is 1. The third-order valence-corrected chi connectivity index (χ3v) is 6.29. The van der Waals surface area contributed by atoms with Crippen LogP contribution in [0.25, 0.3) is 33.1 Å². The fourth-order valence-corrected chi connectivity index (χ4v) is 4.55. The molecule has 0 N–H and O–H groups in total. The van der Waals surface area contributed by atoms with Gasteiger partial charge in [0.05, 0.1) is 11.8 Å². The van der Waals surface area contributed by atoms with E-state index in [0.717, 1.165) is 32.1 Å². The quantitative estimate of drug-likeness (QED) is 0.338. The summed E-state index contributed by atoms with van der Waals surface area (Å²) in [5.74, 6) is 0. The molecular formula is C24H26BF2N3. The highest BCUT2D eigenvalue weighted by atomic mass is 19.2. The summed E-state index contributed by atoms with van der Waals surface area (Å²) in [7, 11) is 0. The van der Waals surface area contributed by atoms with Crippen LogP contribution >= 0.6 is 0 Å². The van der Waals surface area contributed by atoms with Crippen molar-refractivity contribution in [2.24, 2.45) is 0 Å². The Kier molecular flexibility index (Phi) is 3.64.